The average Bonchev–Trinajstić information content (AvgIpc) is 2.54. The van der Waals surface area contributed by atoms with E-state index in [1.165, 1.54) is 28.2 Å². The van der Waals surface area contributed by atoms with Crippen molar-refractivity contribution >= 4 is 5.91 Å². The van der Waals surface area contributed by atoms with Crippen molar-refractivity contribution in [2.45, 2.75) is 25.9 Å². The molecule has 0 aliphatic carbocycles. The van der Waals surface area contributed by atoms with Crippen molar-refractivity contribution in [3.8, 4) is 0 Å². The van der Waals surface area contributed by atoms with Crippen LogP contribution in [0, 0.1) is 11.6 Å². The summed E-state index contributed by atoms with van der Waals surface area (Å²) in [5.74, 6) is -1.38. The Kier molecular flexibility index (Phi) is 4.90. The zero-order chi connectivity index (χ0) is 17.1. The molecule has 0 fully saturated rings. The summed E-state index contributed by atoms with van der Waals surface area (Å²) in [7, 11) is 0. The SMILES string of the molecule is C[C@@H](NC(=O)C[NH+]1CCc2ccccc2C1)c1ccc(F)cc1F. The lowest BCUT2D eigenvalue weighted by Crippen LogP contribution is -3.12. The van der Waals surface area contributed by atoms with Gasteiger partial charge >= 0.3 is 0 Å². The summed E-state index contributed by atoms with van der Waals surface area (Å²) in [6, 6.07) is 11.2. The van der Waals surface area contributed by atoms with Gasteiger partial charge in [-0.2, -0.15) is 0 Å². The fraction of sp³-hybridized carbons (Fsp3) is 0.316. The van der Waals surface area contributed by atoms with Crippen LogP contribution in [0.4, 0.5) is 8.78 Å². The van der Waals surface area contributed by atoms with E-state index in [9.17, 15) is 13.6 Å². The molecule has 126 valence electrons. The van der Waals surface area contributed by atoms with Gasteiger partial charge in [0.15, 0.2) is 6.54 Å². The molecule has 3 nitrogen and oxygen atoms in total. The number of hydrogen-bond acceptors (Lipinski definition) is 1. The minimum atomic E-state index is -0.637. The van der Waals surface area contributed by atoms with Crippen LogP contribution in [0.25, 0.3) is 0 Å². The molecule has 1 unspecified atom stereocenters. The summed E-state index contributed by atoms with van der Waals surface area (Å²) in [5.41, 5.74) is 2.93. The van der Waals surface area contributed by atoms with Crippen LogP contribution in [-0.4, -0.2) is 19.0 Å². The number of amides is 1. The highest BCUT2D eigenvalue weighted by Gasteiger charge is 2.22. The predicted molar refractivity (Wildman–Crippen MR) is 87.5 cm³/mol. The average molecular weight is 331 g/mol. The predicted octanol–water partition coefficient (Wildman–Crippen LogP) is 1.78. The van der Waals surface area contributed by atoms with Gasteiger partial charge in [0.2, 0.25) is 0 Å². The Labute approximate surface area is 140 Å². The normalized spacial score (nSPS) is 17.9. The van der Waals surface area contributed by atoms with Gasteiger partial charge < -0.3 is 10.2 Å². The summed E-state index contributed by atoms with van der Waals surface area (Å²) in [5, 5.41) is 2.81. The van der Waals surface area contributed by atoms with Gasteiger partial charge in [0.1, 0.15) is 18.2 Å². The van der Waals surface area contributed by atoms with Crippen molar-refractivity contribution in [2.24, 2.45) is 0 Å². The zero-order valence-electron chi connectivity index (χ0n) is 13.6. The third kappa shape index (κ3) is 3.79. The lowest BCUT2D eigenvalue weighted by molar-refractivity contribution is -0.908. The Morgan fingerprint density at radius 3 is 2.71 bits per heavy atom. The van der Waals surface area contributed by atoms with Crippen LogP contribution in [0.15, 0.2) is 42.5 Å². The molecule has 1 aliphatic rings. The number of fused-ring (bicyclic) bond motifs is 1. The molecule has 0 aromatic heterocycles. The number of hydrogen-bond donors (Lipinski definition) is 2. The molecule has 5 heteroatoms. The van der Waals surface area contributed by atoms with Crippen LogP contribution >= 0.6 is 0 Å². The quantitative estimate of drug-likeness (QED) is 0.880. The highest BCUT2D eigenvalue weighted by molar-refractivity contribution is 5.77. The van der Waals surface area contributed by atoms with Gasteiger partial charge in [-0.05, 0) is 18.6 Å². The summed E-state index contributed by atoms with van der Waals surface area (Å²) in [6.07, 6.45) is 0.959. The van der Waals surface area contributed by atoms with Crippen LogP contribution in [0.3, 0.4) is 0 Å². The fourth-order valence-corrected chi connectivity index (χ4v) is 3.24. The second kappa shape index (κ2) is 7.09. The number of quaternary nitrogens is 1. The molecule has 1 amide bonds. The van der Waals surface area contributed by atoms with Crippen molar-refractivity contribution in [1.29, 1.82) is 0 Å². The van der Waals surface area contributed by atoms with E-state index in [1.54, 1.807) is 6.92 Å². The first-order valence-corrected chi connectivity index (χ1v) is 8.17. The molecule has 0 spiro atoms. The number of carbonyl (C=O) groups excluding carboxylic acids is 1. The topological polar surface area (TPSA) is 33.5 Å². The molecule has 3 rings (SSSR count). The number of benzene rings is 2. The molecule has 2 aromatic carbocycles. The standard InChI is InChI=1S/C19H20F2N2O/c1-13(17-7-6-16(20)10-18(17)21)22-19(24)12-23-9-8-14-4-2-3-5-15(14)11-23/h2-7,10,13H,8-9,11-12H2,1H3,(H,22,24)/p+1/t13-/m1/s1. The fourth-order valence-electron chi connectivity index (χ4n) is 3.24. The Morgan fingerprint density at radius 2 is 1.96 bits per heavy atom. The third-order valence-electron chi connectivity index (χ3n) is 4.52. The lowest BCUT2D eigenvalue weighted by atomic mass is 10.00. The first-order valence-electron chi connectivity index (χ1n) is 8.17. The van der Waals surface area contributed by atoms with Gasteiger partial charge in [0.25, 0.3) is 5.91 Å². The van der Waals surface area contributed by atoms with E-state index in [-0.39, 0.29) is 5.91 Å². The van der Waals surface area contributed by atoms with E-state index < -0.39 is 17.7 Å². The molecular weight excluding hydrogens is 310 g/mol. The second-order valence-corrected chi connectivity index (χ2v) is 6.33. The van der Waals surface area contributed by atoms with Crippen molar-refractivity contribution in [3.05, 3.63) is 70.8 Å². The van der Waals surface area contributed by atoms with Gasteiger partial charge in [-0.25, -0.2) is 8.78 Å². The van der Waals surface area contributed by atoms with E-state index in [0.29, 0.717) is 12.1 Å². The maximum Gasteiger partial charge on any atom is 0.275 e. The molecule has 1 heterocycles. The molecule has 0 bridgehead atoms. The molecule has 2 aromatic rings. The summed E-state index contributed by atoms with van der Waals surface area (Å²) >= 11 is 0. The van der Waals surface area contributed by atoms with Gasteiger partial charge in [-0.1, -0.05) is 30.3 Å². The lowest BCUT2D eigenvalue weighted by Gasteiger charge is -2.26. The van der Waals surface area contributed by atoms with Gasteiger partial charge in [-0.15, -0.1) is 0 Å². The monoisotopic (exact) mass is 331 g/mol. The highest BCUT2D eigenvalue weighted by atomic mass is 19.1. The first kappa shape index (κ1) is 16.6. The van der Waals surface area contributed by atoms with E-state index >= 15 is 0 Å². The van der Waals surface area contributed by atoms with E-state index in [2.05, 4.69) is 17.4 Å². The molecule has 24 heavy (non-hydrogen) atoms. The van der Waals surface area contributed by atoms with Crippen LogP contribution in [0.5, 0.6) is 0 Å². The number of nitrogens with one attached hydrogen (secondary N) is 2. The second-order valence-electron chi connectivity index (χ2n) is 6.33. The minimum Gasteiger partial charge on any atom is -0.345 e. The molecule has 2 N–H and O–H groups in total. The Morgan fingerprint density at radius 1 is 1.21 bits per heavy atom. The molecule has 0 radical (unpaired) electrons. The van der Waals surface area contributed by atoms with E-state index in [1.807, 2.05) is 12.1 Å². The summed E-state index contributed by atoms with van der Waals surface area (Å²) < 4.78 is 26.8. The Balaban J connectivity index is 1.58. The van der Waals surface area contributed by atoms with Crippen LogP contribution in [-0.2, 0) is 17.8 Å². The van der Waals surface area contributed by atoms with Crippen molar-refractivity contribution in [3.63, 3.8) is 0 Å². The smallest absolute Gasteiger partial charge is 0.275 e. The first-order chi connectivity index (χ1) is 11.5. The Hall–Kier alpha value is -2.27. The molecular formula is C19H21F2N2O+. The van der Waals surface area contributed by atoms with Crippen molar-refractivity contribution < 1.29 is 18.5 Å². The zero-order valence-corrected chi connectivity index (χ0v) is 13.6. The van der Waals surface area contributed by atoms with Crippen molar-refractivity contribution in [2.75, 3.05) is 13.1 Å². The minimum absolute atomic E-state index is 0.124. The summed E-state index contributed by atoms with van der Waals surface area (Å²) in [4.78, 5) is 13.4. The number of halogens is 2. The van der Waals surface area contributed by atoms with Gasteiger partial charge in [0.05, 0.1) is 12.6 Å². The largest absolute Gasteiger partial charge is 0.345 e. The number of rotatable bonds is 4. The maximum absolute atomic E-state index is 13.8. The van der Waals surface area contributed by atoms with Crippen molar-refractivity contribution in [1.82, 2.24) is 5.32 Å². The molecule has 0 saturated carbocycles. The van der Waals surface area contributed by atoms with Crippen LogP contribution in [0.2, 0.25) is 0 Å². The van der Waals surface area contributed by atoms with Crippen LogP contribution in [0.1, 0.15) is 29.7 Å². The van der Waals surface area contributed by atoms with Crippen LogP contribution < -0.4 is 10.2 Å². The molecule has 0 saturated heterocycles. The third-order valence-corrected chi connectivity index (χ3v) is 4.52. The van der Waals surface area contributed by atoms with Gasteiger partial charge in [0, 0.05) is 23.6 Å². The highest BCUT2D eigenvalue weighted by Crippen LogP contribution is 2.17. The number of carbonyl (C=O) groups is 1. The Bertz CT molecular complexity index is 748. The van der Waals surface area contributed by atoms with E-state index in [0.717, 1.165) is 25.6 Å². The van der Waals surface area contributed by atoms with E-state index in [4.69, 9.17) is 0 Å². The molecule has 1 aliphatic heterocycles. The maximum atomic E-state index is 13.8. The van der Waals surface area contributed by atoms with Gasteiger partial charge in [-0.3, -0.25) is 4.79 Å². The summed E-state index contributed by atoms with van der Waals surface area (Å²) in [6.45, 7) is 3.78. The molecule has 2 atom stereocenters.